The van der Waals surface area contributed by atoms with E-state index in [1.54, 1.807) is 6.07 Å². The van der Waals surface area contributed by atoms with Crippen molar-refractivity contribution in [2.45, 2.75) is 12.6 Å². The lowest BCUT2D eigenvalue weighted by Crippen LogP contribution is -2.27. The van der Waals surface area contributed by atoms with Crippen LogP contribution in [0.15, 0.2) is 42.5 Å². The van der Waals surface area contributed by atoms with E-state index in [9.17, 15) is 0 Å². The zero-order chi connectivity index (χ0) is 13.4. The van der Waals surface area contributed by atoms with Gasteiger partial charge >= 0.3 is 0 Å². The fraction of sp³-hybridized carbons (Fsp3) is 0.200. The maximum absolute atomic E-state index is 6.33. The van der Waals surface area contributed by atoms with Crippen LogP contribution in [-0.2, 0) is 6.54 Å². The maximum atomic E-state index is 6.33. The number of benzene rings is 2. The number of nitrogens with two attached hydrogens (primary N) is 1. The Morgan fingerprint density at radius 2 is 1.89 bits per heavy atom. The zero-order valence-electron chi connectivity index (χ0n) is 10.3. The Morgan fingerprint density at radius 1 is 1.16 bits per heavy atom. The van der Waals surface area contributed by atoms with Gasteiger partial charge in [0.15, 0.2) is 0 Å². The van der Waals surface area contributed by atoms with E-state index in [1.165, 1.54) is 0 Å². The summed E-state index contributed by atoms with van der Waals surface area (Å²) in [7, 11) is 0. The molecule has 3 rings (SSSR count). The maximum Gasteiger partial charge on any atom is 0.0686 e. The molecule has 1 aliphatic rings. The molecule has 1 unspecified atom stereocenters. The number of fused-ring (bicyclic) bond motifs is 1. The molecule has 0 radical (unpaired) electrons. The van der Waals surface area contributed by atoms with Crippen molar-refractivity contribution < 1.29 is 0 Å². The molecule has 2 aromatic rings. The SMILES string of the molecule is NCC1c2c(Cl)cc(Cl)cc2CN1c1ccccc1. The van der Waals surface area contributed by atoms with Gasteiger partial charge in [-0.05, 0) is 35.4 Å². The van der Waals surface area contributed by atoms with Gasteiger partial charge in [-0.1, -0.05) is 41.4 Å². The molecule has 98 valence electrons. The van der Waals surface area contributed by atoms with E-state index in [0.717, 1.165) is 23.4 Å². The topological polar surface area (TPSA) is 29.3 Å². The third kappa shape index (κ3) is 2.20. The second-order valence-electron chi connectivity index (χ2n) is 4.68. The fourth-order valence-electron chi connectivity index (χ4n) is 2.73. The number of para-hydroxylation sites is 1. The summed E-state index contributed by atoms with van der Waals surface area (Å²) in [5, 5.41) is 1.38. The Morgan fingerprint density at radius 3 is 2.58 bits per heavy atom. The number of hydrogen-bond acceptors (Lipinski definition) is 2. The van der Waals surface area contributed by atoms with Crippen LogP contribution in [0.5, 0.6) is 0 Å². The predicted octanol–water partition coefficient (Wildman–Crippen LogP) is 4.01. The van der Waals surface area contributed by atoms with Crippen LogP contribution < -0.4 is 10.6 Å². The van der Waals surface area contributed by atoms with Gasteiger partial charge in [-0.15, -0.1) is 0 Å². The molecule has 0 saturated heterocycles. The van der Waals surface area contributed by atoms with Gasteiger partial charge in [-0.3, -0.25) is 0 Å². The van der Waals surface area contributed by atoms with E-state index in [0.29, 0.717) is 16.6 Å². The molecular weight excluding hydrogens is 279 g/mol. The molecule has 0 spiro atoms. The van der Waals surface area contributed by atoms with E-state index < -0.39 is 0 Å². The molecule has 0 saturated carbocycles. The van der Waals surface area contributed by atoms with Crippen LogP contribution in [0.4, 0.5) is 5.69 Å². The van der Waals surface area contributed by atoms with Crippen molar-refractivity contribution in [1.29, 1.82) is 0 Å². The summed E-state index contributed by atoms with van der Waals surface area (Å²) < 4.78 is 0. The van der Waals surface area contributed by atoms with Gasteiger partial charge in [0.25, 0.3) is 0 Å². The van der Waals surface area contributed by atoms with E-state index in [2.05, 4.69) is 17.0 Å². The molecule has 19 heavy (non-hydrogen) atoms. The molecule has 2 N–H and O–H groups in total. The molecule has 4 heteroatoms. The van der Waals surface area contributed by atoms with Crippen molar-refractivity contribution in [2.75, 3.05) is 11.4 Å². The third-order valence-electron chi connectivity index (χ3n) is 3.54. The lowest BCUT2D eigenvalue weighted by molar-refractivity contribution is 0.679. The van der Waals surface area contributed by atoms with Crippen LogP contribution in [0.25, 0.3) is 0 Å². The second kappa shape index (κ2) is 5.04. The number of nitrogens with zero attached hydrogens (tertiary/aromatic N) is 1. The molecule has 1 atom stereocenters. The molecule has 1 heterocycles. The molecule has 0 fully saturated rings. The van der Waals surface area contributed by atoms with Gasteiger partial charge in [0.2, 0.25) is 0 Å². The first-order chi connectivity index (χ1) is 9.20. The summed E-state index contributed by atoms with van der Waals surface area (Å²) in [5.41, 5.74) is 9.38. The second-order valence-corrected chi connectivity index (χ2v) is 5.52. The van der Waals surface area contributed by atoms with E-state index >= 15 is 0 Å². The molecule has 0 amide bonds. The number of halogens is 2. The average molecular weight is 293 g/mol. The third-order valence-corrected chi connectivity index (χ3v) is 4.07. The van der Waals surface area contributed by atoms with Crippen LogP contribution in [0, 0.1) is 0 Å². The molecule has 2 nitrogen and oxygen atoms in total. The Labute approximate surface area is 122 Å². The highest BCUT2D eigenvalue weighted by Crippen LogP contribution is 2.41. The van der Waals surface area contributed by atoms with Gasteiger partial charge in [0, 0.05) is 28.8 Å². The highest BCUT2D eigenvalue weighted by atomic mass is 35.5. The van der Waals surface area contributed by atoms with Crippen molar-refractivity contribution in [3.63, 3.8) is 0 Å². The fourth-order valence-corrected chi connectivity index (χ4v) is 3.39. The minimum absolute atomic E-state index is 0.113. The smallest absolute Gasteiger partial charge is 0.0686 e. The Balaban J connectivity index is 2.07. The highest BCUT2D eigenvalue weighted by Gasteiger charge is 2.31. The van der Waals surface area contributed by atoms with Gasteiger partial charge in [0.1, 0.15) is 0 Å². The first-order valence-corrected chi connectivity index (χ1v) is 6.96. The van der Waals surface area contributed by atoms with Crippen LogP contribution in [-0.4, -0.2) is 6.54 Å². The first kappa shape index (κ1) is 12.8. The van der Waals surface area contributed by atoms with Crippen LogP contribution >= 0.6 is 23.2 Å². The van der Waals surface area contributed by atoms with E-state index in [-0.39, 0.29) is 6.04 Å². The predicted molar refractivity (Wildman–Crippen MR) is 80.9 cm³/mol. The monoisotopic (exact) mass is 292 g/mol. The number of anilines is 1. The van der Waals surface area contributed by atoms with Gasteiger partial charge in [0.05, 0.1) is 6.04 Å². The summed E-state index contributed by atoms with van der Waals surface area (Å²) in [4.78, 5) is 2.27. The Hall–Kier alpha value is -1.22. The Kier molecular flexibility index (Phi) is 3.40. The van der Waals surface area contributed by atoms with E-state index in [1.807, 2.05) is 24.3 Å². The van der Waals surface area contributed by atoms with Crippen molar-refractivity contribution in [3.8, 4) is 0 Å². The molecule has 0 bridgehead atoms. The summed E-state index contributed by atoms with van der Waals surface area (Å²) in [6.45, 7) is 1.32. The lowest BCUT2D eigenvalue weighted by Gasteiger charge is -2.26. The Bertz CT molecular complexity index is 599. The van der Waals surface area contributed by atoms with Crippen molar-refractivity contribution in [2.24, 2.45) is 5.73 Å². The minimum atomic E-state index is 0.113. The number of rotatable bonds is 2. The van der Waals surface area contributed by atoms with Gasteiger partial charge < -0.3 is 10.6 Å². The molecule has 2 aromatic carbocycles. The van der Waals surface area contributed by atoms with Gasteiger partial charge in [-0.25, -0.2) is 0 Å². The average Bonchev–Trinajstić information content (AvgIpc) is 2.78. The lowest BCUT2D eigenvalue weighted by atomic mass is 10.0. The molecule has 0 aliphatic carbocycles. The summed E-state index contributed by atoms with van der Waals surface area (Å²) in [6.07, 6.45) is 0. The normalized spacial score (nSPS) is 17.6. The largest absolute Gasteiger partial charge is 0.359 e. The zero-order valence-corrected chi connectivity index (χ0v) is 11.8. The molecular formula is C15H14Cl2N2. The van der Waals surface area contributed by atoms with Crippen molar-refractivity contribution >= 4 is 28.9 Å². The summed E-state index contributed by atoms with van der Waals surface area (Å²) >= 11 is 12.4. The molecule has 1 aliphatic heterocycles. The van der Waals surface area contributed by atoms with Crippen LogP contribution in [0.1, 0.15) is 17.2 Å². The van der Waals surface area contributed by atoms with Crippen molar-refractivity contribution in [3.05, 3.63) is 63.6 Å². The van der Waals surface area contributed by atoms with Crippen LogP contribution in [0.3, 0.4) is 0 Å². The van der Waals surface area contributed by atoms with Crippen LogP contribution in [0.2, 0.25) is 10.0 Å². The summed E-state index contributed by atoms with van der Waals surface area (Å²) in [6, 6.07) is 14.1. The van der Waals surface area contributed by atoms with E-state index in [4.69, 9.17) is 28.9 Å². The van der Waals surface area contributed by atoms with Gasteiger partial charge in [-0.2, -0.15) is 0 Å². The summed E-state index contributed by atoms with van der Waals surface area (Å²) in [5.74, 6) is 0. The van der Waals surface area contributed by atoms with Crippen molar-refractivity contribution in [1.82, 2.24) is 0 Å². The quantitative estimate of drug-likeness (QED) is 0.906. The highest BCUT2D eigenvalue weighted by molar-refractivity contribution is 6.35. The number of hydrogen-bond donors (Lipinski definition) is 1. The molecule has 0 aromatic heterocycles. The standard InChI is InChI=1S/C15H14Cl2N2/c16-11-6-10-9-19(12-4-2-1-3-5-12)14(8-18)15(10)13(17)7-11/h1-7,14H,8-9,18H2. The minimum Gasteiger partial charge on any atom is -0.359 e. The first-order valence-electron chi connectivity index (χ1n) is 6.20.